The van der Waals surface area contributed by atoms with Crippen LogP contribution >= 0.6 is 69.6 Å². The maximum atomic E-state index is 10.5. The molecule has 0 bridgehead atoms. The number of carbonyl (C=O) groups is 1. The number of carboxylic acids is 1. The van der Waals surface area contributed by atoms with Gasteiger partial charge >= 0.3 is 5.97 Å². The van der Waals surface area contributed by atoms with Crippen LogP contribution in [0.2, 0.25) is 0 Å². The van der Waals surface area contributed by atoms with Gasteiger partial charge in [0.1, 0.15) is 9.71 Å². The molecule has 0 fully saturated rings. The van der Waals surface area contributed by atoms with Crippen LogP contribution in [0, 0.1) is 0 Å². The molecule has 16 heavy (non-hydrogen) atoms. The molecule has 0 heterocycles. The third-order valence-electron chi connectivity index (χ3n) is 1.68. The molecular weight excluding hydrogens is 341 g/mol. The number of hydrogen-bond acceptors (Lipinski definition) is 1. The van der Waals surface area contributed by atoms with Crippen molar-refractivity contribution in [3.05, 3.63) is 11.6 Å². The summed E-state index contributed by atoms with van der Waals surface area (Å²) in [7, 11) is 0. The van der Waals surface area contributed by atoms with Gasteiger partial charge in [-0.25, -0.2) is 4.79 Å². The summed E-state index contributed by atoms with van der Waals surface area (Å²) < 4.78 is -3.40. The van der Waals surface area contributed by atoms with Gasteiger partial charge in [0.15, 0.2) is 0 Å². The molecule has 8 heteroatoms. The Balaban J connectivity index is 4.71. The van der Waals surface area contributed by atoms with E-state index in [-0.39, 0.29) is 12.0 Å². The summed E-state index contributed by atoms with van der Waals surface area (Å²) in [4.78, 5) is 10.5. The Bertz CT molecular complexity index is 293. The first kappa shape index (κ1) is 16.9. The summed E-state index contributed by atoms with van der Waals surface area (Å²) in [6, 6.07) is 0. The first-order chi connectivity index (χ1) is 6.98. The van der Waals surface area contributed by atoms with E-state index in [4.69, 9.17) is 74.7 Å². The predicted molar refractivity (Wildman–Crippen MR) is 70.4 cm³/mol. The van der Waals surface area contributed by atoms with E-state index in [1.165, 1.54) is 13.0 Å². The molecule has 0 spiro atoms. The molecule has 0 radical (unpaired) electrons. The van der Waals surface area contributed by atoms with Crippen LogP contribution in [-0.2, 0) is 4.79 Å². The van der Waals surface area contributed by atoms with Gasteiger partial charge in [-0.05, 0) is 6.92 Å². The number of aliphatic carboxylic acids is 1. The molecule has 0 aromatic rings. The third-order valence-corrected chi connectivity index (χ3v) is 4.33. The van der Waals surface area contributed by atoms with E-state index in [9.17, 15) is 4.79 Å². The second kappa shape index (κ2) is 6.21. The van der Waals surface area contributed by atoms with Gasteiger partial charge < -0.3 is 5.11 Å². The highest BCUT2D eigenvalue weighted by atomic mass is 35.6. The first-order valence-corrected chi connectivity index (χ1v) is 6.29. The fourth-order valence-corrected chi connectivity index (χ4v) is 2.18. The molecule has 0 saturated heterocycles. The van der Waals surface area contributed by atoms with Crippen molar-refractivity contribution < 1.29 is 9.90 Å². The van der Waals surface area contributed by atoms with E-state index < -0.39 is 19.5 Å². The summed E-state index contributed by atoms with van der Waals surface area (Å²) >= 11 is 34.1. The zero-order valence-corrected chi connectivity index (χ0v) is 12.5. The second-order valence-electron chi connectivity index (χ2n) is 3.06. The van der Waals surface area contributed by atoms with Crippen LogP contribution in [0.1, 0.15) is 13.3 Å². The zero-order chi connectivity index (χ0) is 13.1. The first-order valence-electron chi connectivity index (χ1n) is 3.97. The van der Waals surface area contributed by atoms with Crippen LogP contribution in [0.5, 0.6) is 0 Å². The highest BCUT2D eigenvalue weighted by Crippen LogP contribution is 2.46. The highest BCUT2D eigenvalue weighted by molar-refractivity contribution is 6.72. The smallest absolute Gasteiger partial charge is 0.330 e. The largest absolute Gasteiger partial charge is 0.478 e. The van der Waals surface area contributed by atoms with Crippen LogP contribution in [-0.4, -0.2) is 24.6 Å². The fourth-order valence-electron chi connectivity index (χ4n) is 0.719. The average molecular weight is 349 g/mol. The Morgan fingerprint density at radius 3 is 2.06 bits per heavy atom. The number of allylic oxidation sites excluding steroid dienone is 1. The quantitative estimate of drug-likeness (QED) is 0.597. The summed E-state index contributed by atoms with van der Waals surface area (Å²) in [5.41, 5.74) is 0.0823. The standard InChI is InChI=1S/C8H8Cl6O2/c1-4(5(15)16)2-3-7(10,11)6(9)8(12,13)14/h2,6H,3H2,1H3,(H,15,16). The van der Waals surface area contributed by atoms with Crippen molar-refractivity contribution in [3.8, 4) is 0 Å². The van der Waals surface area contributed by atoms with E-state index in [1.54, 1.807) is 0 Å². The van der Waals surface area contributed by atoms with E-state index in [0.29, 0.717) is 0 Å². The summed E-state index contributed by atoms with van der Waals surface area (Å²) in [6.07, 6.45) is 1.27. The van der Waals surface area contributed by atoms with Crippen LogP contribution in [0.25, 0.3) is 0 Å². The molecule has 0 aliphatic rings. The van der Waals surface area contributed by atoms with Gasteiger partial charge in [0.05, 0.1) is 0 Å². The lowest BCUT2D eigenvalue weighted by atomic mass is 10.1. The minimum atomic E-state index is -1.84. The Labute approximate surface area is 123 Å². The van der Waals surface area contributed by atoms with Crippen LogP contribution in [0.3, 0.4) is 0 Å². The monoisotopic (exact) mass is 346 g/mol. The molecule has 1 unspecified atom stereocenters. The normalized spacial score (nSPS) is 16.1. The molecule has 1 atom stereocenters. The van der Waals surface area contributed by atoms with Gasteiger partial charge in [-0.15, -0.1) is 11.6 Å². The Morgan fingerprint density at radius 2 is 1.75 bits per heavy atom. The maximum absolute atomic E-state index is 10.5. The molecular formula is C8H8Cl6O2. The van der Waals surface area contributed by atoms with E-state index in [2.05, 4.69) is 0 Å². The second-order valence-corrected chi connectivity index (χ2v) is 7.41. The molecule has 0 rings (SSSR count). The minimum Gasteiger partial charge on any atom is -0.478 e. The number of halogens is 6. The Morgan fingerprint density at radius 1 is 1.31 bits per heavy atom. The molecule has 0 aliphatic heterocycles. The zero-order valence-electron chi connectivity index (χ0n) is 7.99. The third kappa shape index (κ3) is 5.52. The summed E-state index contributed by atoms with van der Waals surface area (Å²) in [5.74, 6) is -1.08. The summed E-state index contributed by atoms with van der Waals surface area (Å²) in [5, 5.41) is 7.44. The van der Waals surface area contributed by atoms with Gasteiger partial charge in [-0.2, -0.15) is 0 Å². The Hall–Kier alpha value is 0.950. The number of rotatable bonds is 4. The molecule has 0 aromatic heterocycles. The van der Waals surface area contributed by atoms with Crippen LogP contribution < -0.4 is 0 Å². The number of alkyl halides is 6. The SMILES string of the molecule is CC(=CCC(Cl)(Cl)C(Cl)C(Cl)(Cl)Cl)C(=O)O. The molecule has 0 amide bonds. The lowest BCUT2D eigenvalue weighted by Crippen LogP contribution is -2.36. The van der Waals surface area contributed by atoms with E-state index >= 15 is 0 Å². The van der Waals surface area contributed by atoms with E-state index in [1.807, 2.05) is 0 Å². The van der Waals surface area contributed by atoms with Crippen molar-refractivity contribution in [3.63, 3.8) is 0 Å². The average Bonchev–Trinajstić information content (AvgIpc) is 2.11. The lowest BCUT2D eigenvalue weighted by molar-refractivity contribution is -0.132. The van der Waals surface area contributed by atoms with Gasteiger partial charge in [-0.1, -0.05) is 64.1 Å². The molecule has 0 saturated carbocycles. The lowest BCUT2D eigenvalue weighted by Gasteiger charge is -2.29. The van der Waals surface area contributed by atoms with Crippen molar-refractivity contribution in [1.82, 2.24) is 0 Å². The molecule has 2 nitrogen and oxygen atoms in total. The van der Waals surface area contributed by atoms with Crippen molar-refractivity contribution in [2.75, 3.05) is 0 Å². The topological polar surface area (TPSA) is 37.3 Å². The van der Waals surface area contributed by atoms with Gasteiger partial charge in [0.25, 0.3) is 0 Å². The van der Waals surface area contributed by atoms with Crippen molar-refractivity contribution >= 4 is 75.6 Å². The van der Waals surface area contributed by atoms with Crippen molar-refractivity contribution in [1.29, 1.82) is 0 Å². The molecule has 1 N–H and O–H groups in total. The number of carboxylic acid groups (broad SMARTS) is 1. The van der Waals surface area contributed by atoms with Gasteiger partial charge in [0, 0.05) is 12.0 Å². The van der Waals surface area contributed by atoms with E-state index in [0.717, 1.165) is 0 Å². The summed E-state index contributed by atoms with van der Waals surface area (Å²) in [6.45, 7) is 1.39. The number of hydrogen-bond donors (Lipinski definition) is 1. The Kier molecular flexibility index (Phi) is 6.58. The van der Waals surface area contributed by atoms with Crippen LogP contribution in [0.4, 0.5) is 0 Å². The minimum absolute atomic E-state index is 0.0453. The molecule has 0 aromatic carbocycles. The molecule has 94 valence electrons. The van der Waals surface area contributed by atoms with Gasteiger partial charge in [-0.3, -0.25) is 0 Å². The maximum Gasteiger partial charge on any atom is 0.330 e. The highest BCUT2D eigenvalue weighted by Gasteiger charge is 2.45. The van der Waals surface area contributed by atoms with Crippen molar-refractivity contribution in [2.24, 2.45) is 0 Å². The van der Waals surface area contributed by atoms with Crippen LogP contribution in [0.15, 0.2) is 11.6 Å². The molecule has 0 aliphatic carbocycles. The van der Waals surface area contributed by atoms with Gasteiger partial charge in [0.2, 0.25) is 3.79 Å². The predicted octanol–water partition coefficient (Wildman–Crippen LogP) is 4.56. The van der Waals surface area contributed by atoms with Crippen molar-refractivity contribution in [2.45, 2.75) is 26.8 Å². The fraction of sp³-hybridized carbons (Fsp3) is 0.625.